The average Bonchev–Trinajstić information content (AvgIpc) is 3.10. The Morgan fingerprint density at radius 3 is 2.85 bits per heavy atom. The second kappa shape index (κ2) is 7.82. The zero-order valence-electron chi connectivity index (χ0n) is 15.0. The minimum Gasteiger partial charge on any atom is -0.356 e. The number of halogens is 1. The lowest BCUT2D eigenvalue weighted by molar-refractivity contribution is -0.125. The lowest BCUT2D eigenvalue weighted by atomic mass is 9.89. The molecule has 1 aliphatic heterocycles. The third kappa shape index (κ3) is 3.80. The van der Waals surface area contributed by atoms with Gasteiger partial charge in [0.15, 0.2) is 5.65 Å². The molecule has 1 saturated carbocycles. The van der Waals surface area contributed by atoms with E-state index in [9.17, 15) is 4.79 Å². The standard InChI is InChI=1S/C19H26ClN5O/c20-16-8-9-17-22-23-19(25(17)13-16)24-10-4-7-15(12-24)18(26)21-11-14-5-2-1-3-6-14/h8-9,13-15H,1-7,10-12H2,(H,21,26)/t15-/m1/s1. The first-order valence-corrected chi connectivity index (χ1v) is 10.1. The lowest BCUT2D eigenvalue weighted by Crippen LogP contribution is -2.44. The minimum absolute atomic E-state index is 0.0128. The van der Waals surface area contributed by atoms with Gasteiger partial charge < -0.3 is 10.2 Å². The highest BCUT2D eigenvalue weighted by atomic mass is 35.5. The van der Waals surface area contributed by atoms with Crippen molar-refractivity contribution in [1.29, 1.82) is 0 Å². The molecule has 26 heavy (non-hydrogen) atoms. The highest BCUT2D eigenvalue weighted by molar-refractivity contribution is 6.30. The van der Waals surface area contributed by atoms with E-state index in [-0.39, 0.29) is 11.8 Å². The largest absolute Gasteiger partial charge is 0.356 e. The van der Waals surface area contributed by atoms with Gasteiger partial charge in [0, 0.05) is 25.8 Å². The SMILES string of the molecule is O=C(NCC1CCCCC1)[C@@H]1CCCN(c2nnc3ccc(Cl)cn23)C1. The highest BCUT2D eigenvalue weighted by Gasteiger charge is 2.28. The molecule has 3 heterocycles. The van der Waals surface area contributed by atoms with Crippen molar-refractivity contribution in [3.8, 4) is 0 Å². The summed E-state index contributed by atoms with van der Waals surface area (Å²) in [5, 5.41) is 12.4. The normalized spacial score (nSPS) is 21.9. The number of amides is 1. The van der Waals surface area contributed by atoms with Crippen molar-refractivity contribution in [1.82, 2.24) is 19.9 Å². The summed E-state index contributed by atoms with van der Waals surface area (Å²) in [6.45, 7) is 2.41. The summed E-state index contributed by atoms with van der Waals surface area (Å²) in [5.74, 6) is 1.63. The molecule has 1 N–H and O–H groups in total. The van der Waals surface area contributed by atoms with Crippen LogP contribution in [0.3, 0.4) is 0 Å². The molecule has 4 rings (SSSR count). The Bertz CT molecular complexity index is 770. The summed E-state index contributed by atoms with van der Waals surface area (Å²) in [6.07, 6.45) is 10.2. The number of aromatic nitrogens is 3. The molecule has 2 aromatic rings. The maximum absolute atomic E-state index is 12.7. The van der Waals surface area contributed by atoms with Crippen molar-refractivity contribution >= 4 is 29.1 Å². The summed E-state index contributed by atoms with van der Waals surface area (Å²) < 4.78 is 1.91. The molecule has 1 aliphatic carbocycles. The molecule has 1 amide bonds. The number of hydrogen-bond acceptors (Lipinski definition) is 4. The monoisotopic (exact) mass is 375 g/mol. The van der Waals surface area contributed by atoms with Crippen LogP contribution < -0.4 is 10.2 Å². The Labute approximate surface area is 158 Å². The number of hydrogen-bond donors (Lipinski definition) is 1. The van der Waals surface area contributed by atoms with Crippen molar-refractivity contribution in [3.63, 3.8) is 0 Å². The van der Waals surface area contributed by atoms with E-state index >= 15 is 0 Å². The highest BCUT2D eigenvalue weighted by Crippen LogP contribution is 2.25. The number of nitrogens with zero attached hydrogens (tertiary/aromatic N) is 4. The molecule has 1 saturated heterocycles. The first-order valence-electron chi connectivity index (χ1n) is 9.73. The summed E-state index contributed by atoms with van der Waals surface area (Å²) in [7, 11) is 0. The van der Waals surface area contributed by atoms with Crippen LogP contribution in [0, 0.1) is 11.8 Å². The van der Waals surface area contributed by atoms with Gasteiger partial charge in [0.2, 0.25) is 11.9 Å². The number of rotatable bonds is 4. The number of fused-ring (bicyclic) bond motifs is 1. The van der Waals surface area contributed by atoms with E-state index in [1.807, 2.05) is 22.7 Å². The van der Waals surface area contributed by atoms with Gasteiger partial charge >= 0.3 is 0 Å². The second-order valence-electron chi connectivity index (χ2n) is 7.61. The Morgan fingerprint density at radius 1 is 1.15 bits per heavy atom. The first-order chi connectivity index (χ1) is 12.7. The fourth-order valence-electron chi connectivity index (χ4n) is 4.22. The smallest absolute Gasteiger partial charge is 0.231 e. The maximum Gasteiger partial charge on any atom is 0.231 e. The van der Waals surface area contributed by atoms with Crippen LogP contribution in [0.15, 0.2) is 18.3 Å². The van der Waals surface area contributed by atoms with Crippen LogP contribution in [0.2, 0.25) is 5.02 Å². The summed E-state index contributed by atoms with van der Waals surface area (Å²) in [4.78, 5) is 14.8. The van der Waals surface area contributed by atoms with E-state index in [2.05, 4.69) is 20.4 Å². The molecular weight excluding hydrogens is 350 g/mol. The molecular formula is C19H26ClN5O. The van der Waals surface area contributed by atoms with E-state index in [1.54, 1.807) is 0 Å². The van der Waals surface area contributed by atoms with Gasteiger partial charge in [0.05, 0.1) is 10.9 Å². The van der Waals surface area contributed by atoms with Gasteiger partial charge in [-0.15, -0.1) is 10.2 Å². The van der Waals surface area contributed by atoms with Gasteiger partial charge in [0.1, 0.15) is 0 Å². The predicted octanol–water partition coefficient (Wildman–Crippen LogP) is 3.30. The van der Waals surface area contributed by atoms with Gasteiger partial charge in [-0.3, -0.25) is 9.20 Å². The zero-order valence-corrected chi connectivity index (χ0v) is 15.8. The van der Waals surface area contributed by atoms with Gasteiger partial charge in [-0.25, -0.2) is 0 Å². The van der Waals surface area contributed by atoms with Crippen LogP contribution in [0.5, 0.6) is 0 Å². The molecule has 7 heteroatoms. The van der Waals surface area contributed by atoms with E-state index in [1.165, 1.54) is 32.1 Å². The van der Waals surface area contributed by atoms with Crippen LogP contribution in [0.25, 0.3) is 5.65 Å². The van der Waals surface area contributed by atoms with Crippen LogP contribution in [-0.2, 0) is 4.79 Å². The van der Waals surface area contributed by atoms with Crippen molar-refractivity contribution in [2.75, 3.05) is 24.5 Å². The van der Waals surface area contributed by atoms with Crippen molar-refractivity contribution in [2.45, 2.75) is 44.9 Å². The van der Waals surface area contributed by atoms with Crippen molar-refractivity contribution < 1.29 is 4.79 Å². The number of carbonyl (C=O) groups excluding carboxylic acids is 1. The molecule has 2 aliphatic rings. The van der Waals surface area contributed by atoms with Crippen molar-refractivity contribution in [2.24, 2.45) is 11.8 Å². The molecule has 0 bridgehead atoms. The fraction of sp³-hybridized carbons (Fsp3) is 0.632. The molecule has 0 radical (unpaired) electrons. The van der Waals surface area contributed by atoms with Crippen LogP contribution in [0.1, 0.15) is 44.9 Å². The quantitative estimate of drug-likeness (QED) is 0.890. The lowest BCUT2D eigenvalue weighted by Gasteiger charge is -2.32. The van der Waals surface area contributed by atoms with Crippen LogP contribution >= 0.6 is 11.6 Å². The number of pyridine rings is 1. The molecule has 0 aromatic carbocycles. The first kappa shape index (κ1) is 17.6. The third-order valence-electron chi connectivity index (χ3n) is 5.71. The van der Waals surface area contributed by atoms with Crippen LogP contribution in [-0.4, -0.2) is 40.1 Å². The predicted molar refractivity (Wildman–Crippen MR) is 103 cm³/mol. The summed E-state index contributed by atoms with van der Waals surface area (Å²) in [5.41, 5.74) is 0.772. The van der Waals surface area contributed by atoms with E-state index in [4.69, 9.17) is 11.6 Å². The second-order valence-corrected chi connectivity index (χ2v) is 8.05. The zero-order chi connectivity index (χ0) is 17.9. The van der Waals surface area contributed by atoms with Crippen molar-refractivity contribution in [3.05, 3.63) is 23.4 Å². The number of nitrogens with one attached hydrogen (secondary N) is 1. The van der Waals surface area contributed by atoms with Crippen LogP contribution in [0.4, 0.5) is 5.95 Å². The summed E-state index contributed by atoms with van der Waals surface area (Å²) >= 11 is 6.12. The average molecular weight is 376 g/mol. The minimum atomic E-state index is 0.0128. The molecule has 140 valence electrons. The Kier molecular flexibility index (Phi) is 5.29. The van der Waals surface area contributed by atoms with Gasteiger partial charge in [-0.05, 0) is 43.7 Å². The maximum atomic E-state index is 12.7. The Hall–Kier alpha value is -1.82. The van der Waals surface area contributed by atoms with E-state index < -0.39 is 0 Å². The molecule has 0 unspecified atom stereocenters. The fourth-order valence-corrected chi connectivity index (χ4v) is 4.38. The van der Waals surface area contributed by atoms with E-state index in [0.717, 1.165) is 37.5 Å². The molecule has 1 atom stereocenters. The Balaban J connectivity index is 1.40. The Morgan fingerprint density at radius 2 is 2.00 bits per heavy atom. The number of anilines is 1. The van der Waals surface area contributed by atoms with E-state index in [0.29, 0.717) is 17.5 Å². The topological polar surface area (TPSA) is 62.5 Å². The van der Waals surface area contributed by atoms with Gasteiger partial charge in [0.25, 0.3) is 0 Å². The molecule has 0 spiro atoms. The van der Waals surface area contributed by atoms with Gasteiger partial charge in [-0.2, -0.15) is 0 Å². The number of piperidine rings is 1. The van der Waals surface area contributed by atoms with Gasteiger partial charge in [-0.1, -0.05) is 30.9 Å². The summed E-state index contributed by atoms with van der Waals surface area (Å²) in [6, 6.07) is 3.67. The molecule has 2 fully saturated rings. The molecule has 6 nitrogen and oxygen atoms in total. The third-order valence-corrected chi connectivity index (χ3v) is 5.94. The number of carbonyl (C=O) groups is 1. The molecule has 2 aromatic heterocycles.